The third-order valence-electron chi connectivity index (χ3n) is 1.75. The second kappa shape index (κ2) is 5.26. The Hall–Kier alpha value is -1.69. The van der Waals surface area contributed by atoms with Gasteiger partial charge in [-0.3, -0.25) is 9.59 Å². The topological polar surface area (TPSA) is 78.1 Å². The van der Waals surface area contributed by atoms with Gasteiger partial charge in [-0.1, -0.05) is 0 Å². The van der Waals surface area contributed by atoms with Gasteiger partial charge in [-0.25, -0.2) is 4.98 Å². The molecule has 1 rings (SSSR count). The van der Waals surface area contributed by atoms with Crippen molar-refractivity contribution in [2.45, 2.75) is 0 Å². The van der Waals surface area contributed by atoms with Crippen molar-refractivity contribution in [3.63, 3.8) is 0 Å². The van der Waals surface area contributed by atoms with Crippen LogP contribution in [0.15, 0.2) is 17.2 Å². The molecule has 1 amide bonds. The number of rotatable bonds is 4. The lowest BCUT2D eigenvalue weighted by Gasteiger charge is -2.09. The third kappa shape index (κ3) is 3.90. The van der Waals surface area contributed by atoms with E-state index in [1.54, 1.807) is 0 Å². The Balaban J connectivity index is 2.47. The van der Waals surface area contributed by atoms with Gasteiger partial charge in [-0.15, -0.1) is 0 Å². The molecule has 6 heteroatoms. The quantitative estimate of drug-likeness (QED) is 0.672. The number of likely N-dealkylation sites (N-methyl/N-ethyl adjacent to an activating group) is 1. The third-order valence-corrected chi connectivity index (χ3v) is 1.75. The number of aromatic amines is 1. The number of nitrogens with one attached hydrogen (secondary N) is 2. The van der Waals surface area contributed by atoms with E-state index in [1.807, 2.05) is 19.0 Å². The molecule has 0 aliphatic heterocycles. The van der Waals surface area contributed by atoms with Crippen molar-refractivity contribution in [1.82, 2.24) is 20.2 Å². The molecular formula is C9H14N4O2. The molecule has 6 nitrogen and oxygen atoms in total. The molecule has 0 fully saturated rings. The van der Waals surface area contributed by atoms with Crippen molar-refractivity contribution in [3.8, 4) is 0 Å². The van der Waals surface area contributed by atoms with Crippen LogP contribution in [0.2, 0.25) is 0 Å². The average molecular weight is 210 g/mol. The van der Waals surface area contributed by atoms with Crippen LogP contribution in [0.3, 0.4) is 0 Å². The minimum atomic E-state index is -0.320. The molecule has 0 aromatic carbocycles. The van der Waals surface area contributed by atoms with Gasteiger partial charge in [0.1, 0.15) is 5.69 Å². The molecule has 82 valence electrons. The highest BCUT2D eigenvalue weighted by Gasteiger charge is 2.05. The number of hydrogen-bond acceptors (Lipinski definition) is 4. The van der Waals surface area contributed by atoms with Crippen molar-refractivity contribution in [2.75, 3.05) is 27.2 Å². The first kappa shape index (κ1) is 11.4. The summed E-state index contributed by atoms with van der Waals surface area (Å²) in [6.45, 7) is 1.31. The summed E-state index contributed by atoms with van der Waals surface area (Å²) in [5.74, 6) is -0.284. The molecule has 0 aliphatic carbocycles. The van der Waals surface area contributed by atoms with E-state index in [9.17, 15) is 9.59 Å². The zero-order valence-corrected chi connectivity index (χ0v) is 8.78. The van der Waals surface area contributed by atoms with E-state index >= 15 is 0 Å². The summed E-state index contributed by atoms with van der Waals surface area (Å²) in [6.07, 6.45) is 2.38. The van der Waals surface area contributed by atoms with Gasteiger partial charge >= 0.3 is 0 Å². The van der Waals surface area contributed by atoms with Gasteiger partial charge in [0, 0.05) is 19.3 Å². The Kier molecular flexibility index (Phi) is 3.99. The van der Waals surface area contributed by atoms with Crippen LogP contribution in [0.5, 0.6) is 0 Å². The number of carbonyl (C=O) groups excluding carboxylic acids is 1. The molecule has 2 N–H and O–H groups in total. The SMILES string of the molecule is CN(C)CCNC(=O)c1c[nH]c(=O)cn1. The van der Waals surface area contributed by atoms with Gasteiger partial charge in [0.25, 0.3) is 11.5 Å². The van der Waals surface area contributed by atoms with Gasteiger partial charge in [0.2, 0.25) is 0 Å². The van der Waals surface area contributed by atoms with E-state index in [-0.39, 0.29) is 17.2 Å². The van der Waals surface area contributed by atoms with Gasteiger partial charge < -0.3 is 15.2 Å². The summed E-state index contributed by atoms with van der Waals surface area (Å²) in [4.78, 5) is 30.2. The van der Waals surface area contributed by atoms with E-state index in [4.69, 9.17) is 0 Å². The Morgan fingerprint density at radius 1 is 1.60 bits per heavy atom. The average Bonchev–Trinajstić information content (AvgIpc) is 2.18. The highest BCUT2D eigenvalue weighted by atomic mass is 16.2. The first-order valence-electron chi connectivity index (χ1n) is 4.57. The van der Waals surface area contributed by atoms with Crippen LogP contribution in [0.25, 0.3) is 0 Å². The molecular weight excluding hydrogens is 196 g/mol. The number of nitrogens with zero attached hydrogens (tertiary/aromatic N) is 2. The Morgan fingerprint density at radius 2 is 2.33 bits per heavy atom. The second-order valence-electron chi connectivity index (χ2n) is 3.36. The molecule has 0 aliphatic rings. The highest BCUT2D eigenvalue weighted by Crippen LogP contribution is 1.86. The molecule has 0 radical (unpaired) electrons. The molecule has 0 saturated heterocycles. The Labute approximate surface area is 87.3 Å². The van der Waals surface area contributed by atoms with Crippen LogP contribution in [-0.4, -0.2) is 48.0 Å². The van der Waals surface area contributed by atoms with Crippen molar-refractivity contribution < 1.29 is 4.79 Å². The van der Waals surface area contributed by atoms with Crippen molar-refractivity contribution in [2.24, 2.45) is 0 Å². The second-order valence-corrected chi connectivity index (χ2v) is 3.36. The van der Waals surface area contributed by atoms with Crippen LogP contribution in [0, 0.1) is 0 Å². The zero-order chi connectivity index (χ0) is 11.3. The monoisotopic (exact) mass is 210 g/mol. The van der Waals surface area contributed by atoms with Crippen LogP contribution in [-0.2, 0) is 0 Å². The molecule has 1 heterocycles. The molecule has 0 atom stereocenters. The molecule has 1 aromatic heterocycles. The fraction of sp³-hybridized carbons (Fsp3) is 0.444. The van der Waals surface area contributed by atoms with Crippen LogP contribution in [0.4, 0.5) is 0 Å². The molecule has 0 saturated carbocycles. The molecule has 15 heavy (non-hydrogen) atoms. The van der Waals surface area contributed by atoms with Crippen molar-refractivity contribution in [1.29, 1.82) is 0 Å². The maximum absolute atomic E-state index is 11.4. The maximum atomic E-state index is 11.4. The first-order chi connectivity index (χ1) is 7.09. The minimum Gasteiger partial charge on any atom is -0.349 e. The minimum absolute atomic E-state index is 0.216. The summed E-state index contributed by atoms with van der Waals surface area (Å²) in [6, 6.07) is 0. The molecule has 0 bridgehead atoms. The van der Waals surface area contributed by atoms with E-state index in [1.165, 1.54) is 6.20 Å². The largest absolute Gasteiger partial charge is 0.349 e. The molecule has 0 unspecified atom stereocenters. The zero-order valence-electron chi connectivity index (χ0n) is 8.78. The molecule has 1 aromatic rings. The van der Waals surface area contributed by atoms with E-state index < -0.39 is 0 Å². The fourth-order valence-corrected chi connectivity index (χ4v) is 0.950. The fourth-order valence-electron chi connectivity index (χ4n) is 0.950. The number of carbonyl (C=O) groups is 1. The maximum Gasteiger partial charge on any atom is 0.271 e. The lowest BCUT2D eigenvalue weighted by Crippen LogP contribution is -2.32. The van der Waals surface area contributed by atoms with Crippen LogP contribution >= 0.6 is 0 Å². The number of hydrogen-bond donors (Lipinski definition) is 2. The van der Waals surface area contributed by atoms with Gasteiger partial charge in [0.05, 0.1) is 6.20 Å². The van der Waals surface area contributed by atoms with Gasteiger partial charge in [-0.05, 0) is 14.1 Å². The van der Waals surface area contributed by atoms with E-state index in [0.717, 1.165) is 12.7 Å². The summed E-state index contributed by atoms with van der Waals surface area (Å²) in [7, 11) is 3.84. The first-order valence-corrected chi connectivity index (χ1v) is 4.57. The summed E-state index contributed by atoms with van der Waals surface area (Å²) in [5, 5.41) is 2.68. The smallest absolute Gasteiger partial charge is 0.271 e. The number of H-pyrrole nitrogens is 1. The lowest BCUT2D eigenvalue weighted by atomic mass is 10.4. The van der Waals surface area contributed by atoms with Crippen molar-refractivity contribution >= 4 is 5.91 Å². The van der Waals surface area contributed by atoms with Gasteiger partial charge in [-0.2, -0.15) is 0 Å². The van der Waals surface area contributed by atoms with E-state index in [0.29, 0.717) is 6.54 Å². The predicted octanol–water partition coefficient (Wildman–Crippen LogP) is -0.939. The van der Waals surface area contributed by atoms with Crippen LogP contribution < -0.4 is 10.9 Å². The predicted molar refractivity (Wildman–Crippen MR) is 55.7 cm³/mol. The van der Waals surface area contributed by atoms with Gasteiger partial charge in [0.15, 0.2) is 0 Å². The standard InChI is InChI=1S/C9H14N4O2/c1-13(2)4-3-10-9(15)7-5-12-8(14)6-11-7/h5-6H,3-4H2,1-2H3,(H,10,15)(H,12,14). The van der Waals surface area contributed by atoms with Crippen LogP contribution in [0.1, 0.15) is 10.5 Å². The number of aromatic nitrogens is 2. The van der Waals surface area contributed by atoms with E-state index in [2.05, 4.69) is 15.3 Å². The molecule has 0 spiro atoms. The summed E-state index contributed by atoms with van der Waals surface area (Å²) >= 11 is 0. The summed E-state index contributed by atoms with van der Waals surface area (Å²) in [5.41, 5.74) is -0.104. The lowest BCUT2D eigenvalue weighted by molar-refractivity contribution is 0.0945. The highest BCUT2D eigenvalue weighted by molar-refractivity contribution is 5.91. The van der Waals surface area contributed by atoms with Crippen molar-refractivity contribution in [3.05, 3.63) is 28.4 Å². The Morgan fingerprint density at radius 3 is 2.87 bits per heavy atom. The normalized spacial score (nSPS) is 10.3. The Bertz CT molecular complexity index is 365. The number of amides is 1. The summed E-state index contributed by atoms with van der Waals surface area (Å²) < 4.78 is 0.